The summed E-state index contributed by atoms with van der Waals surface area (Å²) in [6.45, 7) is 7.81. The highest BCUT2D eigenvalue weighted by molar-refractivity contribution is 9.10. The van der Waals surface area contributed by atoms with Crippen LogP contribution in [-0.4, -0.2) is 19.4 Å². The molecule has 2 heterocycles. The predicted octanol–water partition coefficient (Wildman–Crippen LogP) is 6.44. The minimum atomic E-state index is -1.32. The number of benzene rings is 2. The maximum Gasteiger partial charge on any atom is 0.170 e. The Hall–Kier alpha value is -2.26. The molecule has 0 aliphatic carbocycles. The van der Waals surface area contributed by atoms with Crippen molar-refractivity contribution >= 4 is 38.3 Å². The van der Waals surface area contributed by atoms with Crippen LogP contribution in [-0.2, 0) is 17.8 Å². The number of hydrogen-bond donors (Lipinski definition) is 1. The predicted molar refractivity (Wildman–Crippen MR) is 134 cm³/mol. The quantitative estimate of drug-likeness (QED) is 0.230. The number of aromatic nitrogens is 2. The Balaban J connectivity index is 1.82. The average Bonchev–Trinajstić information content (AvgIpc) is 3.18. The van der Waals surface area contributed by atoms with Crippen LogP contribution < -0.4 is 4.72 Å². The first-order chi connectivity index (χ1) is 15.6. The molecule has 5 nitrogen and oxygen atoms in total. The maximum absolute atomic E-state index is 13.7. The highest BCUT2D eigenvalue weighted by atomic mass is 79.9. The SMILES string of the molecule is Cc1ccc(Br)nc1CC(N[S@@+]([O-])C(C)(C)C)c1ccccc1-c1noc2cc(F)ccc12. The fraction of sp³-hybridized carbons (Fsp3) is 0.280. The molecule has 172 valence electrons. The first-order valence-electron chi connectivity index (χ1n) is 10.6. The summed E-state index contributed by atoms with van der Waals surface area (Å²) in [5, 5.41) is 4.97. The van der Waals surface area contributed by atoms with E-state index in [2.05, 4.69) is 30.8 Å². The van der Waals surface area contributed by atoms with Gasteiger partial charge in [0.1, 0.15) is 20.9 Å². The fourth-order valence-corrected chi connectivity index (χ4v) is 4.76. The van der Waals surface area contributed by atoms with Crippen LogP contribution in [0.1, 0.15) is 43.6 Å². The molecule has 4 aromatic rings. The zero-order chi connectivity index (χ0) is 23.8. The normalized spacial score (nSPS) is 13.9. The van der Waals surface area contributed by atoms with E-state index in [1.165, 1.54) is 12.1 Å². The molecule has 0 spiro atoms. The minimum Gasteiger partial charge on any atom is -0.598 e. The van der Waals surface area contributed by atoms with Crippen LogP contribution in [0.3, 0.4) is 0 Å². The number of hydrogen-bond acceptors (Lipinski definition) is 5. The largest absolute Gasteiger partial charge is 0.598 e. The number of rotatable bonds is 6. The summed E-state index contributed by atoms with van der Waals surface area (Å²) in [7, 11) is 0. The van der Waals surface area contributed by atoms with Gasteiger partial charge in [-0.25, -0.2) is 9.37 Å². The van der Waals surface area contributed by atoms with Gasteiger partial charge in [-0.05, 0) is 73.0 Å². The molecule has 0 radical (unpaired) electrons. The molecule has 0 saturated heterocycles. The zero-order valence-corrected chi connectivity index (χ0v) is 21.3. The van der Waals surface area contributed by atoms with Crippen LogP contribution in [0.15, 0.2) is 63.7 Å². The van der Waals surface area contributed by atoms with Gasteiger partial charge >= 0.3 is 0 Å². The van der Waals surface area contributed by atoms with Crippen molar-refractivity contribution in [1.29, 1.82) is 0 Å². The number of aryl methyl sites for hydroxylation is 1. The van der Waals surface area contributed by atoms with Gasteiger partial charge in [0.15, 0.2) is 5.58 Å². The van der Waals surface area contributed by atoms with E-state index in [0.717, 1.165) is 32.4 Å². The topological polar surface area (TPSA) is 74.0 Å². The van der Waals surface area contributed by atoms with Crippen molar-refractivity contribution in [2.75, 3.05) is 0 Å². The summed E-state index contributed by atoms with van der Waals surface area (Å²) < 4.78 is 35.9. The van der Waals surface area contributed by atoms with E-state index >= 15 is 0 Å². The van der Waals surface area contributed by atoms with Gasteiger partial charge in [0.05, 0.1) is 6.04 Å². The van der Waals surface area contributed by atoms with E-state index < -0.39 is 16.1 Å². The van der Waals surface area contributed by atoms with Gasteiger partial charge in [0, 0.05) is 40.5 Å². The highest BCUT2D eigenvalue weighted by Gasteiger charge is 2.32. The first kappa shape index (κ1) is 23.9. The number of fused-ring (bicyclic) bond motifs is 1. The second kappa shape index (κ2) is 9.54. The van der Waals surface area contributed by atoms with Gasteiger partial charge in [-0.1, -0.05) is 35.5 Å². The van der Waals surface area contributed by atoms with Crippen molar-refractivity contribution < 1.29 is 13.5 Å². The van der Waals surface area contributed by atoms with E-state index in [1.54, 1.807) is 6.07 Å². The molecule has 0 saturated carbocycles. The molecule has 0 fully saturated rings. The number of pyridine rings is 1. The third kappa shape index (κ3) is 5.30. The summed E-state index contributed by atoms with van der Waals surface area (Å²) in [6, 6.07) is 15.8. The Morgan fingerprint density at radius 2 is 1.91 bits per heavy atom. The van der Waals surface area contributed by atoms with Gasteiger partial charge in [-0.2, -0.15) is 0 Å². The number of nitrogens with zero attached hydrogens (tertiary/aromatic N) is 2. The van der Waals surface area contributed by atoms with Gasteiger partial charge in [-0.3, -0.25) is 0 Å². The molecule has 1 unspecified atom stereocenters. The Kier molecular flexibility index (Phi) is 6.91. The summed E-state index contributed by atoms with van der Waals surface area (Å²) in [6.07, 6.45) is 0.522. The third-order valence-corrected chi connectivity index (χ3v) is 7.45. The van der Waals surface area contributed by atoms with E-state index in [1.807, 2.05) is 64.1 Å². The smallest absolute Gasteiger partial charge is 0.170 e. The Morgan fingerprint density at radius 1 is 1.15 bits per heavy atom. The summed E-state index contributed by atoms with van der Waals surface area (Å²) in [5.41, 5.74) is 4.69. The summed E-state index contributed by atoms with van der Waals surface area (Å²) in [4.78, 5) is 4.66. The molecule has 2 aromatic heterocycles. The van der Waals surface area contributed by atoms with E-state index in [0.29, 0.717) is 17.7 Å². The second-order valence-electron chi connectivity index (χ2n) is 8.91. The van der Waals surface area contributed by atoms with Crippen LogP contribution in [0.2, 0.25) is 0 Å². The van der Waals surface area contributed by atoms with Crippen LogP contribution in [0, 0.1) is 12.7 Å². The number of nitrogens with one attached hydrogen (secondary N) is 1. The van der Waals surface area contributed by atoms with E-state index in [9.17, 15) is 8.94 Å². The molecular weight excluding hydrogens is 505 g/mol. The van der Waals surface area contributed by atoms with Crippen molar-refractivity contribution in [3.63, 3.8) is 0 Å². The molecule has 0 bridgehead atoms. The average molecular weight is 530 g/mol. The first-order valence-corrected chi connectivity index (χ1v) is 12.5. The molecule has 2 atom stereocenters. The summed E-state index contributed by atoms with van der Waals surface area (Å²) in [5.74, 6) is -0.380. The lowest BCUT2D eigenvalue weighted by molar-refractivity contribution is 0.457. The molecule has 8 heteroatoms. The van der Waals surface area contributed by atoms with Crippen molar-refractivity contribution in [2.45, 2.75) is 44.9 Å². The van der Waals surface area contributed by atoms with Crippen molar-refractivity contribution in [1.82, 2.24) is 14.9 Å². The number of halogens is 2. The Morgan fingerprint density at radius 3 is 2.67 bits per heavy atom. The zero-order valence-electron chi connectivity index (χ0n) is 18.9. The standard InChI is InChI=1S/C25H25BrFN3O2S/c1-15-9-12-23(26)28-20(15)14-21(30-33(31)25(2,3)4)17-7-5-6-8-18(17)24-19-11-10-16(27)13-22(19)32-29-24/h5-13,21,30H,14H2,1-4H3/t21?,33-/m0/s1. The van der Waals surface area contributed by atoms with E-state index in [4.69, 9.17) is 4.52 Å². The van der Waals surface area contributed by atoms with Gasteiger partial charge < -0.3 is 9.08 Å². The van der Waals surface area contributed by atoms with Crippen LogP contribution in [0.4, 0.5) is 4.39 Å². The Bertz CT molecular complexity index is 1290. The Labute approximate surface area is 204 Å². The summed E-state index contributed by atoms with van der Waals surface area (Å²) >= 11 is 2.14. The van der Waals surface area contributed by atoms with Crippen LogP contribution in [0.5, 0.6) is 0 Å². The molecule has 2 aromatic carbocycles. The lowest BCUT2D eigenvalue weighted by Gasteiger charge is -2.29. The van der Waals surface area contributed by atoms with Gasteiger partial charge in [0.2, 0.25) is 0 Å². The van der Waals surface area contributed by atoms with E-state index in [-0.39, 0.29) is 11.9 Å². The molecule has 0 aliphatic rings. The molecule has 0 aliphatic heterocycles. The lowest BCUT2D eigenvalue weighted by Crippen LogP contribution is -2.42. The van der Waals surface area contributed by atoms with Gasteiger partial charge in [0.25, 0.3) is 0 Å². The monoisotopic (exact) mass is 529 g/mol. The fourth-order valence-electron chi connectivity index (χ4n) is 3.59. The third-order valence-electron chi connectivity index (χ3n) is 5.40. The molecular formula is C25H25BrFN3O2S. The molecule has 33 heavy (non-hydrogen) atoms. The highest BCUT2D eigenvalue weighted by Crippen LogP contribution is 2.35. The lowest BCUT2D eigenvalue weighted by atomic mass is 9.93. The maximum atomic E-state index is 13.7. The molecule has 1 N–H and O–H groups in total. The molecule has 4 rings (SSSR count). The second-order valence-corrected chi connectivity index (χ2v) is 11.7. The van der Waals surface area contributed by atoms with Crippen molar-refractivity contribution in [2.24, 2.45) is 0 Å². The van der Waals surface area contributed by atoms with Crippen LogP contribution >= 0.6 is 15.9 Å². The van der Waals surface area contributed by atoms with Crippen molar-refractivity contribution in [3.05, 3.63) is 81.8 Å². The van der Waals surface area contributed by atoms with Crippen LogP contribution in [0.25, 0.3) is 22.2 Å². The molecule has 0 amide bonds. The minimum absolute atomic E-state index is 0.311. The van der Waals surface area contributed by atoms with Crippen molar-refractivity contribution in [3.8, 4) is 11.3 Å². The van der Waals surface area contributed by atoms with Gasteiger partial charge in [-0.15, -0.1) is 4.72 Å².